The lowest BCUT2D eigenvalue weighted by Crippen LogP contribution is -2.33. The Hall–Kier alpha value is -1.46. The summed E-state index contributed by atoms with van der Waals surface area (Å²) >= 11 is 0. The Morgan fingerprint density at radius 1 is 1.17 bits per heavy atom. The first kappa shape index (κ1) is 15.1. The van der Waals surface area contributed by atoms with Gasteiger partial charge in [0.25, 0.3) is 0 Å². The molecule has 0 amide bonds. The molecule has 2 aromatic heterocycles. The van der Waals surface area contributed by atoms with Crippen LogP contribution in [0, 0.1) is 5.92 Å². The Balaban J connectivity index is 1.65. The zero-order valence-corrected chi connectivity index (χ0v) is 14.0. The maximum atomic E-state index is 4.98. The third kappa shape index (κ3) is 3.12. The van der Waals surface area contributed by atoms with Crippen LogP contribution < -0.4 is 5.32 Å². The van der Waals surface area contributed by atoms with Crippen LogP contribution in [-0.4, -0.2) is 52.7 Å². The first-order chi connectivity index (χ1) is 11.3. The van der Waals surface area contributed by atoms with Gasteiger partial charge >= 0.3 is 0 Å². The minimum Gasteiger partial charge on any atom is -0.317 e. The average molecular weight is 313 g/mol. The van der Waals surface area contributed by atoms with Crippen molar-refractivity contribution in [1.82, 2.24) is 24.8 Å². The Labute approximate surface area is 138 Å². The van der Waals surface area contributed by atoms with Gasteiger partial charge in [0.15, 0.2) is 5.65 Å². The summed E-state index contributed by atoms with van der Waals surface area (Å²) in [7, 11) is 2.23. The number of fused-ring (bicyclic) bond motifs is 1. The van der Waals surface area contributed by atoms with E-state index in [0.29, 0.717) is 5.92 Å². The van der Waals surface area contributed by atoms with Gasteiger partial charge in [-0.2, -0.15) is 0 Å². The molecular formula is C18H27N5. The van der Waals surface area contributed by atoms with Gasteiger partial charge in [0.2, 0.25) is 0 Å². The van der Waals surface area contributed by atoms with E-state index in [4.69, 9.17) is 4.98 Å². The van der Waals surface area contributed by atoms with Crippen LogP contribution in [0.4, 0.5) is 0 Å². The largest absolute Gasteiger partial charge is 0.317 e. The molecule has 0 aliphatic carbocycles. The van der Waals surface area contributed by atoms with Crippen LogP contribution in [0.15, 0.2) is 18.3 Å². The second-order valence-corrected chi connectivity index (χ2v) is 7.20. The molecule has 2 aliphatic heterocycles. The smallest absolute Gasteiger partial charge is 0.159 e. The fraction of sp³-hybridized carbons (Fsp3) is 0.667. The van der Waals surface area contributed by atoms with E-state index in [2.05, 4.69) is 32.9 Å². The number of aromatic nitrogens is 3. The van der Waals surface area contributed by atoms with Gasteiger partial charge in [-0.05, 0) is 77.0 Å². The quantitative estimate of drug-likeness (QED) is 0.944. The third-order valence-electron chi connectivity index (χ3n) is 5.52. The Morgan fingerprint density at radius 3 is 2.74 bits per heavy atom. The summed E-state index contributed by atoms with van der Waals surface area (Å²) in [6.07, 6.45) is 6.86. The molecule has 1 N–H and O–H groups in total. The van der Waals surface area contributed by atoms with Gasteiger partial charge < -0.3 is 14.8 Å². The molecule has 0 saturated carbocycles. The zero-order chi connectivity index (χ0) is 15.6. The van der Waals surface area contributed by atoms with Crippen LogP contribution in [0.2, 0.25) is 0 Å². The summed E-state index contributed by atoms with van der Waals surface area (Å²) in [6, 6.07) is 4.11. The molecule has 2 fully saturated rings. The molecular weight excluding hydrogens is 286 g/mol. The lowest BCUT2D eigenvalue weighted by Gasteiger charge is -2.30. The molecule has 0 spiro atoms. The molecule has 0 bridgehead atoms. The SMILES string of the molecule is CN1CCC(Cn2c(C3CCNCC3)nc3cccnc32)CC1. The maximum absolute atomic E-state index is 4.98. The number of imidazole rings is 1. The molecule has 0 aromatic carbocycles. The number of piperidine rings is 2. The first-order valence-electron chi connectivity index (χ1n) is 9.01. The second-order valence-electron chi connectivity index (χ2n) is 7.20. The fourth-order valence-electron chi connectivity index (χ4n) is 4.05. The van der Waals surface area contributed by atoms with Crippen LogP contribution in [0.5, 0.6) is 0 Å². The number of nitrogens with one attached hydrogen (secondary N) is 1. The van der Waals surface area contributed by atoms with E-state index in [1.165, 1.54) is 44.6 Å². The summed E-state index contributed by atoms with van der Waals surface area (Å²) in [6.45, 7) is 5.73. The van der Waals surface area contributed by atoms with Crippen molar-refractivity contribution in [3.8, 4) is 0 Å². The lowest BCUT2D eigenvalue weighted by atomic mass is 9.95. The summed E-state index contributed by atoms with van der Waals surface area (Å²) in [5.74, 6) is 2.61. The summed E-state index contributed by atoms with van der Waals surface area (Å²) in [5.41, 5.74) is 2.15. The number of rotatable bonds is 3. The molecule has 4 rings (SSSR count). The van der Waals surface area contributed by atoms with E-state index in [1.54, 1.807) is 0 Å². The van der Waals surface area contributed by atoms with E-state index < -0.39 is 0 Å². The van der Waals surface area contributed by atoms with E-state index in [0.717, 1.165) is 36.7 Å². The minimum absolute atomic E-state index is 0.580. The highest BCUT2D eigenvalue weighted by Crippen LogP contribution is 2.29. The van der Waals surface area contributed by atoms with Crippen molar-refractivity contribution < 1.29 is 0 Å². The monoisotopic (exact) mass is 313 g/mol. The van der Waals surface area contributed by atoms with Crippen LogP contribution >= 0.6 is 0 Å². The predicted molar refractivity (Wildman–Crippen MR) is 92.6 cm³/mol. The molecule has 2 aromatic rings. The molecule has 0 atom stereocenters. The predicted octanol–water partition coefficient (Wildman–Crippen LogP) is 2.24. The summed E-state index contributed by atoms with van der Waals surface area (Å²) in [5, 5.41) is 3.47. The van der Waals surface area contributed by atoms with Gasteiger partial charge in [0, 0.05) is 18.7 Å². The van der Waals surface area contributed by atoms with Crippen LogP contribution in [0.3, 0.4) is 0 Å². The van der Waals surface area contributed by atoms with E-state index in [-0.39, 0.29) is 0 Å². The second kappa shape index (κ2) is 6.57. The lowest BCUT2D eigenvalue weighted by molar-refractivity contribution is 0.204. The number of pyridine rings is 1. The highest BCUT2D eigenvalue weighted by molar-refractivity contribution is 5.71. The topological polar surface area (TPSA) is 46.0 Å². The van der Waals surface area contributed by atoms with Crippen LogP contribution in [0.25, 0.3) is 11.2 Å². The first-order valence-corrected chi connectivity index (χ1v) is 9.01. The van der Waals surface area contributed by atoms with Gasteiger partial charge in [0.1, 0.15) is 11.3 Å². The molecule has 5 nitrogen and oxygen atoms in total. The van der Waals surface area contributed by atoms with Gasteiger partial charge in [-0.15, -0.1) is 0 Å². The Kier molecular flexibility index (Phi) is 4.31. The average Bonchev–Trinajstić information content (AvgIpc) is 2.96. The fourth-order valence-corrected chi connectivity index (χ4v) is 4.05. The van der Waals surface area contributed by atoms with Gasteiger partial charge in [-0.25, -0.2) is 9.97 Å². The Morgan fingerprint density at radius 2 is 1.96 bits per heavy atom. The molecule has 4 heterocycles. The van der Waals surface area contributed by atoms with Gasteiger partial charge in [-0.3, -0.25) is 0 Å². The summed E-state index contributed by atoms with van der Waals surface area (Å²) < 4.78 is 2.45. The van der Waals surface area contributed by atoms with Crippen LogP contribution in [0.1, 0.15) is 37.4 Å². The van der Waals surface area contributed by atoms with Crippen molar-refractivity contribution in [2.75, 3.05) is 33.2 Å². The molecule has 0 unspecified atom stereocenters. The normalized spacial score (nSPS) is 22.0. The number of nitrogens with zero attached hydrogens (tertiary/aromatic N) is 4. The number of likely N-dealkylation sites (tertiary alicyclic amines) is 1. The summed E-state index contributed by atoms with van der Waals surface area (Å²) in [4.78, 5) is 12.1. The van der Waals surface area contributed by atoms with E-state index in [1.807, 2.05) is 12.3 Å². The number of hydrogen-bond acceptors (Lipinski definition) is 4. The minimum atomic E-state index is 0.580. The van der Waals surface area contributed by atoms with Crippen molar-refractivity contribution in [3.63, 3.8) is 0 Å². The highest BCUT2D eigenvalue weighted by atomic mass is 15.1. The molecule has 2 saturated heterocycles. The van der Waals surface area contributed by atoms with Gasteiger partial charge in [0.05, 0.1) is 0 Å². The third-order valence-corrected chi connectivity index (χ3v) is 5.52. The van der Waals surface area contributed by atoms with E-state index >= 15 is 0 Å². The van der Waals surface area contributed by atoms with Gasteiger partial charge in [-0.1, -0.05) is 0 Å². The van der Waals surface area contributed by atoms with Crippen molar-refractivity contribution in [3.05, 3.63) is 24.2 Å². The molecule has 2 aliphatic rings. The molecule has 23 heavy (non-hydrogen) atoms. The van der Waals surface area contributed by atoms with Crippen molar-refractivity contribution in [2.24, 2.45) is 5.92 Å². The van der Waals surface area contributed by atoms with Crippen molar-refractivity contribution in [2.45, 2.75) is 38.1 Å². The highest BCUT2D eigenvalue weighted by Gasteiger charge is 2.25. The molecule has 124 valence electrons. The molecule has 0 radical (unpaired) electrons. The standard InChI is InChI=1S/C18H27N5/c1-22-11-6-14(7-12-22)13-23-17(15-4-9-19-10-5-15)21-16-3-2-8-20-18(16)23/h2-3,8,14-15,19H,4-7,9-13H2,1H3. The van der Waals surface area contributed by atoms with Crippen molar-refractivity contribution in [1.29, 1.82) is 0 Å². The maximum Gasteiger partial charge on any atom is 0.159 e. The zero-order valence-electron chi connectivity index (χ0n) is 14.0. The number of hydrogen-bond donors (Lipinski definition) is 1. The van der Waals surface area contributed by atoms with Crippen LogP contribution in [-0.2, 0) is 6.54 Å². The molecule has 5 heteroatoms. The Bertz CT molecular complexity index is 650. The van der Waals surface area contributed by atoms with Crippen molar-refractivity contribution >= 4 is 11.2 Å². The van der Waals surface area contributed by atoms with E-state index in [9.17, 15) is 0 Å².